The topological polar surface area (TPSA) is 57.5 Å². The average Bonchev–Trinajstić information content (AvgIpc) is 2.83. The minimum absolute atomic E-state index is 0.0105. The van der Waals surface area contributed by atoms with Crippen molar-refractivity contribution in [2.45, 2.75) is 88.5 Å². The highest BCUT2D eigenvalue weighted by Gasteiger charge is 2.41. The van der Waals surface area contributed by atoms with Gasteiger partial charge in [0.05, 0.1) is 6.10 Å². The molecule has 0 aromatic heterocycles. The first-order chi connectivity index (χ1) is 12.2. The second-order valence-corrected chi connectivity index (χ2v) is 9.29. The number of aliphatic hydroxyl groups excluding tert-OH is 1. The molecule has 0 unspecified atom stereocenters. The van der Waals surface area contributed by atoms with Gasteiger partial charge in [-0.25, -0.2) is 0 Å². The molecule has 4 atom stereocenters. The lowest BCUT2D eigenvalue weighted by Crippen LogP contribution is -2.19. The molecule has 26 heavy (non-hydrogen) atoms. The second-order valence-electron chi connectivity index (χ2n) is 8.73. The van der Waals surface area contributed by atoms with Crippen LogP contribution in [0.25, 0.3) is 0 Å². The van der Waals surface area contributed by atoms with Crippen LogP contribution in [0, 0.1) is 5.92 Å². The molecule has 1 saturated carbocycles. The first-order valence-corrected chi connectivity index (χ1v) is 10.3. The van der Waals surface area contributed by atoms with Crippen LogP contribution in [-0.2, 0) is 10.2 Å². The molecule has 0 spiro atoms. The van der Waals surface area contributed by atoms with E-state index in [0.29, 0.717) is 6.42 Å². The van der Waals surface area contributed by atoms with Crippen LogP contribution in [0.3, 0.4) is 0 Å². The quantitative estimate of drug-likeness (QED) is 0.463. The Morgan fingerprint density at radius 2 is 1.73 bits per heavy atom. The van der Waals surface area contributed by atoms with Crippen molar-refractivity contribution >= 4 is 17.6 Å². The molecule has 0 radical (unpaired) electrons. The van der Waals surface area contributed by atoms with Gasteiger partial charge in [-0.3, -0.25) is 4.79 Å². The Bertz CT molecular complexity index is 576. The fourth-order valence-corrected chi connectivity index (χ4v) is 4.57. The molecule has 0 heterocycles. The largest absolute Gasteiger partial charge is 0.481 e. The summed E-state index contributed by atoms with van der Waals surface area (Å²) in [6.07, 6.45) is 5.26. The van der Waals surface area contributed by atoms with Crippen LogP contribution in [-0.4, -0.2) is 27.7 Å². The third-order valence-corrected chi connectivity index (χ3v) is 6.15. The predicted octanol–water partition coefficient (Wildman–Crippen LogP) is 5.48. The molecule has 4 heteroatoms. The lowest BCUT2D eigenvalue weighted by molar-refractivity contribution is -0.137. The van der Waals surface area contributed by atoms with E-state index in [1.54, 1.807) is 0 Å². The predicted molar refractivity (Wildman–Crippen MR) is 107 cm³/mol. The third kappa shape index (κ3) is 5.72. The van der Waals surface area contributed by atoms with E-state index in [4.69, 9.17) is 16.7 Å². The number of aliphatic hydroxyl groups is 1. The van der Waals surface area contributed by atoms with Crippen molar-refractivity contribution in [2.24, 2.45) is 5.92 Å². The van der Waals surface area contributed by atoms with Gasteiger partial charge in [0.15, 0.2) is 0 Å². The highest BCUT2D eigenvalue weighted by molar-refractivity contribution is 6.21. The lowest BCUT2D eigenvalue weighted by Gasteiger charge is -2.25. The van der Waals surface area contributed by atoms with E-state index in [1.165, 1.54) is 11.1 Å². The van der Waals surface area contributed by atoms with Gasteiger partial charge in [0.1, 0.15) is 0 Å². The van der Waals surface area contributed by atoms with Gasteiger partial charge in [-0.2, -0.15) is 0 Å². The molecule has 0 aliphatic heterocycles. The van der Waals surface area contributed by atoms with Crippen molar-refractivity contribution in [1.29, 1.82) is 0 Å². The number of alkyl halides is 1. The smallest absolute Gasteiger partial charge is 0.303 e. The minimum atomic E-state index is -0.719. The minimum Gasteiger partial charge on any atom is -0.481 e. The molecule has 1 aliphatic carbocycles. The number of hydrogen-bond acceptors (Lipinski definition) is 2. The monoisotopic (exact) mass is 380 g/mol. The number of hydrogen-bond donors (Lipinski definition) is 2. The molecule has 1 aromatic rings. The van der Waals surface area contributed by atoms with Gasteiger partial charge < -0.3 is 10.2 Å². The molecule has 3 nitrogen and oxygen atoms in total. The molecule has 0 amide bonds. The molecule has 1 fully saturated rings. The van der Waals surface area contributed by atoms with Crippen molar-refractivity contribution in [1.82, 2.24) is 0 Å². The van der Waals surface area contributed by atoms with Crippen LogP contribution in [0.15, 0.2) is 24.3 Å². The second kappa shape index (κ2) is 9.23. The molecule has 146 valence electrons. The number of carbonyl (C=O) groups is 1. The summed E-state index contributed by atoms with van der Waals surface area (Å²) in [5.41, 5.74) is 2.60. The summed E-state index contributed by atoms with van der Waals surface area (Å²) in [6, 6.07) is 8.66. The van der Waals surface area contributed by atoms with E-state index < -0.39 is 5.97 Å². The van der Waals surface area contributed by atoms with Crippen molar-refractivity contribution < 1.29 is 15.0 Å². The first-order valence-electron chi connectivity index (χ1n) is 9.84. The van der Waals surface area contributed by atoms with Gasteiger partial charge in [-0.05, 0) is 41.7 Å². The van der Waals surface area contributed by atoms with E-state index in [1.807, 2.05) is 0 Å². The van der Waals surface area contributed by atoms with Crippen molar-refractivity contribution in [3.63, 3.8) is 0 Å². The summed E-state index contributed by atoms with van der Waals surface area (Å²) in [4.78, 5) is 10.6. The number of unbranched alkanes of at least 4 members (excludes halogenated alkanes) is 3. The molecule has 0 saturated heterocycles. The van der Waals surface area contributed by atoms with E-state index in [-0.39, 0.29) is 35.2 Å². The summed E-state index contributed by atoms with van der Waals surface area (Å²) < 4.78 is 0. The first kappa shape index (κ1) is 21.2. The van der Waals surface area contributed by atoms with Crippen molar-refractivity contribution in [3.8, 4) is 0 Å². The van der Waals surface area contributed by atoms with Crippen LogP contribution in [0.2, 0.25) is 0 Å². The maximum Gasteiger partial charge on any atom is 0.303 e. The Kier molecular flexibility index (Phi) is 7.54. The van der Waals surface area contributed by atoms with Gasteiger partial charge in [0, 0.05) is 17.7 Å². The highest BCUT2D eigenvalue weighted by Crippen LogP contribution is 2.45. The van der Waals surface area contributed by atoms with Crippen LogP contribution in [0.4, 0.5) is 0 Å². The Hall–Kier alpha value is -1.06. The van der Waals surface area contributed by atoms with Crippen molar-refractivity contribution in [2.75, 3.05) is 0 Å². The lowest BCUT2D eigenvalue weighted by atomic mass is 9.81. The molecule has 1 aromatic carbocycles. The number of benzene rings is 1. The maximum atomic E-state index is 10.6. The average molecular weight is 381 g/mol. The Labute approximate surface area is 162 Å². The molecular weight excluding hydrogens is 348 g/mol. The molecule has 2 rings (SSSR count). The number of aliphatic carboxylic acids is 1. The number of rotatable bonds is 8. The normalized spacial score (nSPS) is 26.2. The van der Waals surface area contributed by atoms with Gasteiger partial charge >= 0.3 is 5.97 Å². The van der Waals surface area contributed by atoms with E-state index in [0.717, 1.165) is 32.1 Å². The van der Waals surface area contributed by atoms with Crippen LogP contribution in [0.1, 0.15) is 82.8 Å². The zero-order chi connectivity index (χ0) is 19.3. The van der Waals surface area contributed by atoms with Crippen LogP contribution >= 0.6 is 11.6 Å². The fraction of sp³-hybridized carbons (Fsp3) is 0.682. The summed E-state index contributed by atoms with van der Waals surface area (Å²) in [6.45, 7) is 6.61. The molecular formula is C22H33ClO3. The van der Waals surface area contributed by atoms with E-state index >= 15 is 0 Å². The molecule has 1 aliphatic rings. The van der Waals surface area contributed by atoms with Crippen molar-refractivity contribution in [3.05, 3.63) is 35.4 Å². The SMILES string of the molecule is CC(C)(C)c1ccc([C@@H]2[C@@H](CCCCCCC(=O)O)[C@H](Cl)C[C@H]2O)cc1. The zero-order valence-corrected chi connectivity index (χ0v) is 17.0. The number of carboxylic acids is 1. The van der Waals surface area contributed by atoms with Gasteiger partial charge in [-0.15, -0.1) is 11.6 Å². The summed E-state index contributed by atoms with van der Waals surface area (Å²) in [5, 5.41) is 19.3. The molecule has 0 bridgehead atoms. The molecule has 2 N–H and O–H groups in total. The number of carboxylic acid groups (broad SMARTS) is 1. The van der Waals surface area contributed by atoms with Crippen LogP contribution in [0.5, 0.6) is 0 Å². The highest BCUT2D eigenvalue weighted by atomic mass is 35.5. The Balaban J connectivity index is 1.95. The van der Waals surface area contributed by atoms with Crippen LogP contribution < -0.4 is 0 Å². The van der Waals surface area contributed by atoms with E-state index in [2.05, 4.69) is 45.0 Å². The van der Waals surface area contributed by atoms with Gasteiger partial charge in [-0.1, -0.05) is 64.3 Å². The fourth-order valence-electron chi connectivity index (χ4n) is 4.11. The summed E-state index contributed by atoms with van der Waals surface area (Å²) in [5.74, 6) is -0.333. The Morgan fingerprint density at radius 3 is 2.31 bits per heavy atom. The third-order valence-electron chi connectivity index (χ3n) is 5.65. The summed E-state index contributed by atoms with van der Waals surface area (Å²) >= 11 is 6.57. The number of halogens is 1. The van der Waals surface area contributed by atoms with Gasteiger partial charge in [0.25, 0.3) is 0 Å². The standard InChI is InChI=1S/C22H33ClO3/c1-22(2,3)16-12-10-15(11-13-16)21-17(18(23)14-19(21)24)8-6-4-5-7-9-20(25)26/h10-13,17-19,21,24H,4-9,14H2,1-3H3,(H,25,26)/t17-,18+,19+,21+/m0/s1. The zero-order valence-electron chi connectivity index (χ0n) is 16.2. The van der Waals surface area contributed by atoms with Gasteiger partial charge in [0.2, 0.25) is 0 Å². The van der Waals surface area contributed by atoms with E-state index in [9.17, 15) is 9.90 Å². The maximum absolute atomic E-state index is 10.6. The Morgan fingerprint density at radius 1 is 1.12 bits per heavy atom. The summed E-state index contributed by atoms with van der Waals surface area (Å²) in [7, 11) is 0.